The molecule has 0 aliphatic rings. The molecule has 1 aromatic rings. The third-order valence-electron chi connectivity index (χ3n) is 2.24. The summed E-state index contributed by atoms with van der Waals surface area (Å²) in [5.41, 5.74) is 1.12. The van der Waals surface area contributed by atoms with Gasteiger partial charge in [-0.25, -0.2) is 0 Å². The Morgan fingerprint density at radius 2 is 1.78 bits per heavy atom. The summed E-state index contributed by atoms with van der Waals surface area (Å²) < 4.78 is 5.02. The number of rotatable bonds is 7. The molecular formula is C14H16O4. The lowest BCUT2D eigenvalue weighted by atomic mass is 10.2. The van der Waals surface area contributed by atoms with Gasteiger partial charge in [-0.15, -0.1) is 0 Å². The van der Waals surface area contributed by atoms with Gasteiger partial charge in [0.1, 0.15) is 0 Å². The van der Waals surface area contributed by atoms with Gasteiger partial charge < -0.3 is 9.84 Å². The molecule has 96 valence electrons. The highest BCUT2D eigenvalue weighted by atomic mass is 16.5. The SMILES string of the molecule is O=C(O)C/C=C/CC(=O)OCCc1ccccc1. The van der Waals surface area contributed by atoms with E-state index < -0.39 is 5.97 Å². The lowest BCUT2D eigenvalue weighted by Gasteiger charge is -2.03. The van der Waals surface area contributed by atoms with Gasteiger partial charge in [0.25, 0.3) is 0 Å². The van der Waals surface area contributed by atoms with Gasteiger partial charge in [0, 0.05) is 6.42 Å². The van der Waals surface area contributed by atoms with E-state index in [0.717, 1.165) is 5.56 Å². The molecule has 0 saturated heterocycles. The van der Waals surface area contributed by atoms with Crippen molar-refractivity contribution in [2.75, 3.05) is 6.61 Å². The van der Waals surface area contributed by atoms with Crippen LogP contribution in [0.25, 0.3) is 0 Å². The Bertz CT molecular complexity index is 409. The highest BCUT2D eigenvalue weighted by molar-refractivity contribution is 5.72. The first kappa shape index (κ1) is 14.0. The number of carbonyl (C=O) groups is 2. The average Bonchev–Trinajstić information content (AvgIpc) is 2.36. The molecule has 1 N–H and O–H groups in total. The maximum atomic E-state index is 11.3. The number of hydrogen-bond acceptors (Lipinski definition) is 3. The molecule has 0 aliphatic heterocycles. The van der Waals surface area contributed by atoms with Crippen LogP contribution in [0.4, 0.5) is 0 Å². The Morgan fingerprint density at radius 1 is 1.11 bits per heavy atom. The van der Waals surface area contributed by atoms with Crippen LogP contribution in [0.15, 0.2) is 42.5 Å². The van der Waals surface area contributed by atoms with E-state index in [-0.39, 0.29) is 18.8 Å². The van der Waals surface area contributed by atoms with Crippen LogP contribution in [0.1, 0.15) is 18.4 Å². The van der Waals surface area contributed by atoms with Crippen LogP contribution in [0, 0.1) is 0 Å². The van der Waals surface area contributed by atoms with Crippen LogP contribution in [0.3, 0.4) is 0 Å². The van der Waals surface area contributed by atoms with E-state index in [0.29, 0.717) is 13.0 Å². The van der Waals surface area contributed by atoms with Gasteiger partial charge >= 0.3 is 11.9 Å². The number of aliphatic carboxylic acids is 1. The van der Waals surface area contributed by atoms with E-state index in [1.807, 2.05) is 30.3 Å². The minimum Gasteiger partial charge on any atom is -0.481 e. The van der Waals surface area contributed by atoms with Crippen molar-refractivity contribution in [2.24, 2.45) is 0 Å². The van der Waals surface area contributed by atoms with Gasteiger partial charge in [-0.3, -0.25) is 9.59 Å². The van der Waals surface area contributed by atoms with Crippen molar-refractivity contribution in [3.8, 4) is 0 Å². The molecule has 0 atom stereocenters. The first-order valence-corrected chi connectivity index (χ1v) is 5.75. The number of carboxylic acids is 1. The lowest BCUT2D eigenvalue weighted by molar-refractivity contribution is -0.142. The second-order valence-electron chi connectivity index (χ2n) is 3.73. The standard InChI is InChI=1S/C14H16O4/c15-13(16)8-4-5-9-14(17)18-11-10-12-6-2-1-3-7-12/h1-7H,8-11H2,(H,15,16)/b5-4+. The first-order valence-electron chi connectivity index (χ1n) is 5.75. The van der Waals surface area contributed by atoms with Gasteiger partial charge in [0.15, 0.2) is 0 Å². The molecule has 0 radical (unpaired) electrons. The molecule has 0 fully saturated rings. The number of esters is 1. The van der Waals surface area contributed by atoms with Crippen molar-refractivity contribution in [1.29, 1.82) is 0 Å². The predicted octanol–water partition coefficient (Wildman–Crippen LogP) is 2.19. The van der Waals surface area contributed by atoms with Crippen molar-refractivity contribution in [1.82, 2.24) is 0 Å². The summed E-state index contributed by atoms with van der Waals surface area (Å²) in [6.07, 6.45) is 3.69. The van der Waals surface area contributed by atoms with E-state index in [1.165, 1.54) is 12.2 Å². The molecule has 0 aliphatic carbocycles. The summed E-state index contributed by atoms with van der Waals surface area (Å²) in [5, 5.41) is 8.38. The number of ether oxygens (including phenoxy) is 1. The molecule has 0 spiro atoms. The predicted molar refractivity (Wildman–Crippen MR) is 67.1 cm³/mol. The molecule has 18 heavy (non-hydrogen) atoms. The van der Waals surface area contributed by atoms with Gasteiger partial charge in [0.05, 0.1) is 19.4 Å². The largest absolute Gasteiger partial charge is 0.481 e. The summed E-state index contributed by atoms with van der Waals surface area (Å²) in [4.78, 5) is 21.5. The topological polar surface area (TPSA) is 63.6 Å². The Morgan fingerprint density at radius 3 is 2.44 bits per heavy atom. The molecule has 0 unspecified atom stereocenters. The quantitative estimate of drug-likeness (QED) is 0.593. The third kappa shape index (κ3) is 6.48. The fourth-order valence-electron chi connectivity index (χ4n) is 1.35. The Kier molecular flexibility index (Phi) is 6.25. The second kappa shape index (κ2) is 8.06. The molecule has 0 heterocycles. The molecule has 0 aromatic heterocycles. The summed E-state index contributed by atoms with van der Waals surface area (Å²) >= 11 is 0. The maximum absolute atomic E-state index is 11.3. The third-order valence-corrected chi connectivity index (χ3v) is 2.24. The van der Waals surface area contributed by atoms with Crippen LogP contribution in [-0.2, 0) is 20.7 Å². The highest BCUT2D eigenvalue weighted by Gasteiger charge is 2.00. The molecular weight excluding hydrogens is 232 g/mol. The van der Waals surface area contributed by atoms with E-state index in [9.17, 15) is 9.59 Å². The minimum atomic E-state index is -0.913. The van der Waals surface area contributed by atoms with Gasteiger partial charge in [-0.05, 0) is 5.56 Å². The fraction of sp³-hybridized carbons (Fsp3) is 0.286. The summed E-state index contributed by atoms with van der Waals surface area (Å²) in [6.45, 7) is 0.343. The molecule has 1 rings (SSSR count). The van der Waals surface area contributed by atoms with Crippen LogP contribution in [-0.4, -0.2) is 23.7 Å². The van der Waals surface area contributed by atoms with Crippen molar-refractivity contribution < 1.29 is 19.4 Å². The maximum Gasteiger partial charge on any atom is 0.309 e. The van der Waals surface area contributed by atoms with Crippen LogP contribution in [0.2, 0.25) is 0 Å². The Labute approximate surface area is 106 Å². The number of hydrogen-bond donors (Lipinski definition) is 1. The zero-order valence-electron chi connectivity index (χ0n) is 10.0. The fourth-order valence-corrected chi connectivity index (χ4v) is 1.35. The monoisotopic (exact) mass is 248 g/mol. The molecule has 4 heteroatoms. The van der Waals surface area contributed by atoms with Crippen LogP contribution in [0.5, 0.6) is 0 Å². The molecule has 4 nitrogen and oxygen atoms in total. The molecule has 0 amide bonds. The summed E-state index contributed by atoms with van der Waals surface area (Å²) in [6, 6.07) is 9.75. The molecule has 0 bridgehead atoms. The van der Waals surface area contributed by atoms with Crippen LogP contribution >= 0.6 is 0 Å². The zero-order valence-corrected chi connectivity index (χ0v) is 10.0. The molecule has 0 saturated carbocycles. The van der Waals surface area contributed by atoms with E-state index in [4.69, 9.17) is 9.84 Å². The summed E-state index contributed by atoms with van der Waals surface area (Å²) in [7, 11) is 0. The van der Waals surface area contributed by atoms with E-state index >= 15 is 0 Å². The number of carboxylic acid groups (broad SMARTS) is 1. The van der Waals surface area contributed by atoms with Crippen molar-refractivity contribution in [2.45, 2.75) is 19.3 Å². The average molecular weight is 248 g/mol. The van der Waals surface area contributed by atoms with E-state index in [1.54, 1.807) is 0 Å². The van der Waals surface area contributed by atoms with Gasteiger partial charge in [-0.1, -0.05) is 42.5 Å². The lowest BCUT2D eigenvalue weighted by Crippen LogP contribution is -2.06. The smallest absolute Gasteiger partial charge is 0.309 e. The van der Waals surface area contributed by atoms with Crippen LogP contribution < -0.4 is 0 Å². The number of benzene rings is 1. The van der Waals surface area contributed by atoms with Crippen molar-refractivity contribution in [3.05, 3.63) is 48.0 Å². The van der Waals surface area contributed by atoms with Crippen molar-refractivity contribution >= 4 is 11.9 Å². The highest BCUT2D eigenvalue weighted by Crippen LogP contribution is 2.00. The number of carbonyl (C=O) groups excluding carboxylic acids is 1. The Hall–Kier alpha value is -2.10. The van der Waals surface area contributed by atoms with Crippen molar-refractivity contribution in [3.63, 3.8) is 0 Å². The zero-order chi connectivity index (χ0) is 13.2. The van der Waals surface area contributed by atoms with Gasteiger partial charge in [0.2, 0.25) is 0 Å². The second-order valence-corrected chi connectivity index (χ2v) is 3.73. The normalized spacial score (nSPS) is 10.4. The van der Waals surface area contributed by atoms with E-state index in [2.05, 4.69) is 0 Å². The summed E-state index contributed by atoms with van der Waals surface area (Å²) in [5.74, 6) is -1.25. The minimum absolute atomic E-state index is 0.0721. The Balaban J connectivity index is 2.14. The molecule has 1 aromatic carbocycles. The first-order chi connectivity index (χ1) is 8.68. The van der Waals surface area contributed by atoms with Gasteiger partial charge in [-0.2, -0.15) is 0 Å².